The fourth-order valence-electron chi connectivity index (χ4n) is 4.10. The van der Waals surface area contributed by atoms with Crippen molar-refractivity contribution in [3.05, 3.63) is 35.5 Å². The van der Waals surface area contributed by atoms with Gasteiger partial charge in [0, 0.05) is 48.2 Å². The Morgan fingerprint density at radius 2 is 2.17 bits per heavy atom. The topological polar surface area (TPSA) is 39.3 Å². The fraction of sp³-hybridized carbons (Fsp3) is 0.526. The van der Waals surface area contributed by atoms with Gasteiger partial charge in [-0.3, -0.25) is 9.69 Å². The van der Waals surface area contributed by atoms with Crippen LogP contribution in [0.4, 0.5) is 0 Å². The molecule has 4 heteroatoms. The smallest absolute Gasteiger partial charge is 0.237 e. The Morgan fingerprint density at radius 1 is 1.30 bits per heavy atom. The maximum absolute atomic E-state index is 12.7. The van der Waals surface area contributed by atoms with Crippen LogP contribution in [0.3, 0.4) is 0 Å². The standard InChI is InChI=1S/C19H25N3O/c1-14-5-4-9-21(11-14)13-19(23)22-10-8-18-16(12-22)15-6-2-3-7-17(15)20-18/h2-3,6-7,14,20H,4-5,8-13H2,1H3/t14-/m1/s1. The van der Waals surface area contributed by atoms with Crippen molar-refractivity contribution < 1.29 is 4.79 Å². The number of aromatic nitrogens is 1. The molecule has 1 saturated heterocycles. The number of hydrogen-bond donors (Lipinski definition) is 1. The number of rotatable bonds is 2. The van der Waals surface area contributed by atoms with E-state index in [-0.39, 0.29) is 5.91 Å². The number of fused-ring (bicyclic) bond motifs is 3. The van der Waals surface area contributed by atoms with Crippen molar-refractivity contribution in [2.24, 2.45) is 5.92 Å². The molecule has 1 atom stereocenters. The molecule has 0 aliphatic carbocycles. The number of piperidine rings is 1. The van der Waals surface area contributed by atoms with Gasteiger partial charge in [-0.15, -0.1) is 0 Å². The molecular formula is C19H25N3O. The van der Waals surface area contributed by atoms with E-state index in [1.165, 1.54) is 35.0 Å². The van der Waals surface area contributed by atoms with Gasteiger partial charge in [0.05, 0.1) is 6.54 Å². The molecule has 1 fully saturated rings. The molecular weight excluding hydrogens is 286 g/mol. The van der Waals surface area contributed by atoms with Crippen LogP contribution >= 0.6 is 0 Å². The van der Waals surface area contributed by atoms with E-state index in [2.05, 4.69) is 41.1 Å². The second-order valence-electron chi connectivity index (χ2n) is 7.18. The normalized spacial score (nSPS) is 22.3. The lowest BCUT2D eigenvalue weighted by molar-refractivity contribution is -0.133. The number of hydrogen-bond acceptors (Lipinski definition) is 2. The second kappa shape index (κ2) is 6.00. The molecule has 2 aliphatic rings. The molecule has 1 amide bonds. The highest BCUT2D eigenvalue weighted by atomic mass is 16.2. The Balaban J connectivity index is 1.48. The molecule has 122 valence electrons. The van der Waals surface area contributed by atoms with Gasteiger partial charge in [0.2, 0.25) is 5.91 Å². The van der Waals surface area contributed by atoms with Crippen molar-refractivity contribution in [1.82, 2.24) is 14.8 Å². The van der Waals surface area contributed by atoms with Crippen molar-refractivity contribution in [3.8, 4) is 0 Å². The molecule has 1 aromatic carbocycles. The summed E-state index contributed by atoms with van der Waals surface area (Å²) in [6.45, 7) is 6.60. The minimum atomic E-state index is 0.287. The molecule has 0 radical (unpaired) electrons. The number of nitrogens with zero attached hydrogens (tertiary/aromatic N) is 2. The van der Waals surface area contributed by atoms with E-state index < -0.39 is 0 Å². The van der Waals surface area contributed by atoms with Crippen molar-refractivity contribution in [1.29, 1.82) is 0 Å². The zero-order chi connectivity index (χ0) is 15.8. The van der Waals surface area contributed by atoms with E-state index in [9.17, 15) is 4.79 Å². The molecule has 0 bridgehead atoms. The summed E-state index contributed by atoms with van der Waals surface area (Å²) in [6, 6.07) is 8.41. The van der Waals surface area contributed by atoms with Crippen LogP contribution in [-0.4, -0.2) is 46.9 Å². The molecule has 2 aromatic rings. The highest BCUT2D eigenvalue weighted by Crippen LogP contribution is 2.27. The Morgan fingerprint density at radius 3 is 3.04 bits per heavy atom. The number of amides is 1. The summed E-state index contributed by atoms with van der Waals surface area (Å²) in [7, 11) is 0. The van der Waals surface area contributed by atoms with E-state index in [1.807, 2.05) is 4.90 Å². The first kappa shape index (κ1) is 14.8. The largest absolute Gasteiger partial charge is 0.358 e. The lowest BCUT2D eigenvalue weighted by Gasteiger charge is -2.33. The predicted octanol–water partition coefficient (Wildman–Crippen LogP) is 2.78. The Bertz CT molecular complexity index is 720. The number of aromatic amines is 1. The average Bonchev–Trinajstić information content (AvgIpc) is 2.92. The average molecular weight is 311 g/mol. The first-order valence-electron chi connectivity index (χ1n) is 8.79. The van der Waals surface area contributed by atoms with Gasteiger partial charge in [-0.2, -0.15) is 0 Å². The van der Waals surface area contributed by atoms with Crippen molar-refractivity contribution >= 4 is 16.8 Å². The zero-order valence-corrected chi connectivity index (χ0v) is 13.8. The van der Waals surface area contributed by atoms with Crippen LogP contribution in [0, 0.1) is 5.92 Å². The highest BCUT2D eigenvalue weighted by Gasteiger charge is 2.26. The molecule has 3 heterocycles. The van der Waals surface area contributed by atoms with E-state index in [0.717, 1.165) is 38.5 Å². The summed E-state index contributed by atoms with van der Waals surface area (Å²) in [4.78, 5) is 20.6. The van der Waals surface area contributed by atoms with Gasteiger partial charge in [0.1, 0.15) is 0 Å². The third kappa shape index (κ3) is 2.88. The van der Waals surface area contributed by atoms with Crippen molar-refractivity contribution in [2.45, 2.75) is 32.7 Å². The fourth-order valence-corrected chi connectivity index (χ4v) is 4.10. The van der Waals surface area contributed by atoms with Crippen molar-refractivity contribution in [3.63, 3.8) is 0 Å². The highest BCUT2D eigenvalue weighted by molar-refractivity contribution is 5.86. The molecule has 4 rings (SSSR count). The monoisotopic (exact) mass is 311 g/mol. The quantitative estimate of drug-likeness (QED) is 0.926. The van der Waals surface area contributed by atoms with Crippen LogP contribution in [0.1, 0.15) is 31.0 Å². The summed E-state index contributed by atoms with van der Waals surface area (Å²) in [6.07, 6.45) is 3.46. The lowest BCUT2D eigenvalue weighted by Crippen LogP contribution is -2.45. The number of nitrogens with one attached hydrogen (secondary N) is 1. The van der Waals surface area contributed by atoms with Gasteiger partial charge in [-0.25, -0.2) is 0 Å². The number of para-hydroxylation sites is 1. The molecule has 23 heavy (non-hydrogen) atoms. The molecule has 0 unspecified atom stereocenters. The Kier molecular flexibility index (Phi) is 3.85. The Labute approximate surface area is 137 Å². The van der Waals surface area contributed by atoms with Crippen LogP contribution < -0.4 is 0 Å². The van der Waals surface area contributed by atoms with Crippen LogP contribution in [0.15, 0.2) is 24.3 Å². The zero-order valence-electron chi connectivity index (χ0n) is 13.8. The van der Waals surface area contributed by atoms with E-state index in [1.54, 1.807) is 0 Å². The summed E-state index contributed by atoms with van der Waals surface area (Å²) in [5.74, 6) is 1.01. The van der Waals surface area contributed by atoms with E-state index >= 15 is 0 Å². The van der Waals surface area contributed by atoms with Crippen LogP contribution in [0.2, 0.25) is 0 Å². The third-order valence-electron chi connectivity index (χ3n) is 5.34. The van der Waals surface area contributed by atoms with Gasteiger partial charge in [0.15, 0.2) is 0 Å². The molecule has 0 spiro atoms. The van der Waals surface area contributed by atoms with Gasteiger partial charge in [-0.1, -0.05) is 25.1 Å². The molecule has 0 saturated carbocycles. The Hall–Kier alpha value is -1.81. The van der Waals surface area contributed by atoms with E-state index in [0.29, 0.717) is 6.54 Å². The first-order valence-corrected chi connectivity index (χ1v) is 8.79. The second-order valence-corrected chi connectivity index (χ2v) is 7.18. The maximum Gasteiger partial charge on any atom is 0.237 e. The lowest BCUT2D eigenvalue weighted by atomic mass is 10.0. The summed E-state index contributed by atoms with van der Waals surface area (Å²) < 4.78 is 0. The molecule has 1 aromatic heterocycles. The van der Waals surface area contributed by atoms with Crippen LogP contribution in [0.5, 0.6) is 0 Å². The third-order valence-corrected chi connectivity index (χ3v) is 5.34. The summed E-state index contributed by atoms with van der Waals surface area (Å²) >= 11 is 0. The minimum absolute atomic E-state index is 0.287. The summed E-state index contributed by atoms with van der Waals surface area (Å²) in [5.41, 5.74) is 3.81. The SMILES string of the molecule is C[C@@H]1CCCN(CC(=O)N2CCc3[nH]c4ccccc4c3C2)C1. The summed E-state index contributed by atoms with van der Waals surface area (Å²) in [5, 5.41) is 1.27. The number of benzene rings is 1. The first-order chi connectivity index (χ1) is 11.2. The molecule has 2 aliphatic heterocycles. The van der Waals surface area contributed by atoms with Gasteiger partial charge in [-0.05, 0) is 31.4 Å². The van der Waals surface area contributed by atoms with Gasteiger partial charge in [0.25, 0.3) is 0 Å². The molecule has 1 N–H and O–H groups in total. The number of likely N-dealkylation sites (tertiary alicyclic amines) is 1. The number of carbonyl (C=O) groups excluding carboxylic acids is 1. The number of H-pyrrole nitrogens is 1. The number of carbonyl (C=O) groups is 1. The van der Waals surface area contributed by atoms with E-state index in [4.69, 9.17) is 0 Å². The van der Waals surface area contributed by atoms with Crippen LogP contribution in [0.25, 0.3) is 10.9 Å². The molecule has 4 nitrogen and oxygen atoms in total. The predicted molar refractivity (Wildman–Crippen MR) is 92.3 cm³/mol. The van der Waals surface area contributed by atoms with Crippen molar-refractivity contribution in [2.75, 3.05) is 26.2 Å². The van der Waals surface area contributed by atoms with Crippen LogP contribution in [-0.2, 0) is 17.8 Å². The maximum atomic E-state index is 12.7. The minimum Gasteiger partial charge on any atom is -0.358 e. The van der Waals surface area contributed by atoms with Gasteiger partial charge >= 0.3 is 0 Å². The van der Waals surface area contributed by atoms with Gasteiger partial charge < -0.3 is 9.88 Å².